The molecule has 0 aliphatic carbocycles. The van der Waals surface area contributed by atoms with E-state index in [2.05, 4.69) is 31.2 Å². The van der Waals surface area contributed by atoms with Gasteiger partial charge in [0, 0.05) is 43.2 Å². The van der Waals surface area contributed by atoms with E-state index >= 15 is 0 Å². The van der Waals surface area contributed by atoms with Gasteiger partial charge < -0.3 is 10.2 Å². The summed E-state index contributed by atoms with van der Waals surface area (Å²) >= 11 is 0. The molecule has 0 bridgehead atoms. The molecule has 7 nitrogen and oxygen atoms in total. The summed E-state index contributed by atoms with van der Waals surface area (Å²) in [5.74, 6) is 2.70. The standard InChI is InChI=1S/C22H26N6O/c1-15-10-16(2)12-19(11-15)26-22(29)18-4-7-27(8-5-18)20-13-21(25-14-24-20)28-9-6-23-17(28)3/h6,9-14,18H,4-5,7-8H2,1-3H3,(H,26,29). The van der Waals surface area contributed by atoms with Gasteiger partial charge in [0.25, 0.3) is 0 Å². The van der Waals surface area contributed by atoms with Gasteiger partial charge in [-0.15, -0.1) is 0 Å². The van der Waals surface area contributed by atoms with Gasteiger partial charge in [0.15, 0.2) is 0 Å². The fraction of sp³-hybridized carbons (Fsp3) is 0.364. The van der Waals surface area contributed by atoms with E-state index < -0.39 is 0 Å². The van der Waals surface area contributed by atoms with Gasteiger partial charge in [-0.3, -0.25) is 9.36 Å². The van der Waals surface area contributed by atoms with E-state index in [1.165, 1.54) is 0 Å². The minimum Gasteiger partial charge on any atom is -0.356 e. The lowest BCUT2D eigenvalue weighted by Gasteiger charge is -2.32. The molecule has 1 amide bonds. The number of hydrogen-bond acceptors (Lipinski definition) is 5. The van der Waals surface area contributed by atoms with Crippen LogP contribution in [0.15, 0.2) is 43.0 Å². The summed E-state index contributed by atoms with van der Waals surface area (Å²) < 4.78 is 1.94. The Labute approximate surface area is 170 Å². The molecule has 0 saturated carbocycles. The average molecular weight is 390 g/mol. The van der Waals surface area contributed by atoms with Crippen LogP contribution in [-0.4, -0.2) is 38.5 Å². The van der Waals surface area contributed by atoms with Gasteiger partial charge in [-0.25, -0.2) is 15.0 Å². The van der Waals surface area contributed by atoms with Crippen LogP contribution in [-0.2, 0) is 4.79 Å². The fourth-order valence-corrected chi connectivity index (χ4v) is 3.92. The summed E-state index contributed by atoms with van der Waals surface area (Å²) in [6.45, 7) is 7.63. The van der Waals surface area contributed by atoms with Crippen molar-refractivity contribution in [1.29, 1.82) is 0 Å². The third-order valence-electron chi connectivity index (χ3n) is 5.39. The Kier molecular flexibility index (Phi) is 5.29. The predicted molar refractivity (Wildman–Crippen MR) is 113 cm³/mol. The number of carbonyl (C=O) groups is 1. The largest absolute Gasteiger partial charge is 0.356 e. The number of benzene rings is 1. The van der Waals surface area contributed by atoms with Crippen LogP contribution in [0.3, 0.4) is 0 Å². The molecule has 1 aromatic carbocycles. The second kappa shape index (κ2) is 8.03. The normalized spacial score (nSPS) is 14.8. The average Bonchev–Trinajstić information content (AvgIpc) is 3.13. The Morgan fingerprint density at radius 3 is 2.31 bits per heavy atom. The molecule has 4 rings (SSSR count). The number of amides is 1. The van der Waals surface area contributed by atoms with E-state index in [-0.39, 0.29) is 11.8 Å². The molecule has 1 saturated heterocycles. The quantitative estimate of drug-likeness (QED) is 0.738. The van der Waals surface area contributed by atoms with Crippen LogP contribution in [0.1, 0.15) is 29.8 Å². The van der Waals surface area contributed by atoms with E-state index in [1.54, 1.807) is 12.5 Å². The summed E-state index contributed by atoms with van der Waals surface area (Å²) in [5.41, 5.74) is 3.19. The number of piperidine rings is 1. The molecule has 0 atom stereocenters. The Morgan fingerprint density at radius 1 is 0.966 bits per heavy atom. The molecule has 0 unspecified atom stereocenters. The SMILES string of the molecule is Cc1cc(C)cc(NC(=O)C2CCN(c3cc(-n4ccnc4C)ncn3)CC2)c1. The van der Waals surface area contributed by atoms with Crippen molar-refractivity contribution in [3.8, 4) is 5.82 Å². The maximum atomic E-state index is 12.7. The molecular formula is C22H26N6O. The number of imidazole rings is 1. The molecule has 3 aromatic rings. The van der Waals surface area contributed by atoms with Gasteiger partial charge in [0.2, 0.25) is 5.91 Å². The van der Waals surface area contributed by atoms with Crippen molar-refractivity contribution in [1.82, 2.24) is 19.5 Å². The number of nitrogens with one attached hydrogen (secondary N) is 1. The van der Waals surface area contributed by atoms with E-state index in [1.807, 2.05) is 49.7 Å². The maximum Gasteiger partial charge on any atom is 0.227 e. The van der Waals surface area contributed by atoms with Crippen molar-refractivity contribution in [2.45, 2.75) is 33.6 Å². The minimum atomic E-state index is 0.0178. The Hall–Kier alpha value is -3.22. The van der Waals surface area contributed by atoms with Crippen molar-refractivity contribution in [3.05, 3.63) is 59.9 Å². The van der Waals surface area contributed by atoms with Gasteiger partial charge in [0.05, 0.1) is 0 Å². The summed E-state index contributed by atoms with van der Waals surface area (Å²) in [5, 5.41) is 3.09. The van der Waals surface area contributed by atoms with Crippen molar-refractivity contribution in [3.63, 3.8) is 0 Å². The van der Waals surface area contributed by atoms with Gasteiger partial charge in [-0.2, -0.15) is 0 Å². The van der Waals surface area contributed by atoms with Crippen LogP contribution in [0, 0.1) is 26.7 Å². The molecule has 1 aliphatic heterocycles. The second-order valence-electron chi connectivity index (χ2n) is 7.71. The monoisotopic (exact) mass is 390 g/mol. The first kappa shape index (κ1) is 19.1. The zero-order valence-corrected chi connectivity index (χ0v) is 17.1. The maximum absolute atomic E-state index is 12.7. The van der Waals surface area contributed by atoms with Crippen LogP contribution >= 0.6 is 0 Å². The number of aromatic nitrogens is 4. The lowest BCUT2D eigenvalue weighted by atomic mass is 9.95. The number of carbonyl (C=O) groups excluding carboxylic acids is 1. The molecule has 1 aliphatic rings. The highest BCUT2D eigenvalue weighted by Gasteiger charge is 2.26. The summed E-state index contributed by atoms with van der Waals surface area (Å²) in [6, 6.07) is 8.11. The van der Waals surface area contributed by atoms with Gasteiger partial charge in [-0.1, -0.05) is 6.07 Å². The molecule has 29 heavy (non-hydrogen) atoms. The fourth-order valence-electron chi connectivity index (χ4n) is 3.92. The summed E-state index contributed by atoms with van der Waals surface area (Å²) in [6.07, 6.45) is 6.85. The highest BCUT2D eigenvalue weighted by atomic mass is 16.1. The first-order valence-corrected chi connectivity index (χ1v) is 9.96. The third kappa shape index (κ3) is 4.29. The van der Waals surface area contributed by atoms with Crippen LogP contribution in [0.5, 0.6) is 0 Å². The third-order valence-corrected chi connectivity index (χ3v) is 5.39. The predicted octanol–water partition coefficient (Wildman–Crippen LogP) is 3.44. The topological polar surface area (TPSA) is 75.9 Å². The molecule has 3 heterocycles. The molecule has 2 aromatic heterocycles. The number of anilines is 2. The highest BCUT2D eigenvalue weighted by molar-refractivity contribution is 5.92. The smallest absolute Gasteiger partial charge is 0.227 e. The van der Waals surface area contributed by atoms with Crippen LogP contribution < -0.4 is 10.2 Å². The van der Waals surface area contributed by atoms with E-state index in [0.29, 0.717) is 0 Å². The molecule has 0 spiro atoms. The molecule has 0 radical (unpaired) electrons. The Morgan fingerprint density at radius 2 is 1.66 bits per heavy atom. The van der Waals surface area contributed by atoms with Crippen LogP contribution in [0.2, 0.25) is 0 Å². The lowest BCUT2D eigenvalue weighted by molar-refractivity contribution is -0.120. The first-order valence-electron chi connectivity index (χ1n) is 9.96. The highest BCUT2D eigenvalue weighted by Crippen LogP contribution is 2.24. The second-order valence-corrected chi connectivity index (χ2v) is 7.71. The minimum absolute atomic E-state index is 0.0178. The van der Waals surface area contributed by atoms with E-state index in [9.17, 15) is 4.79 Å². The molecule has 150 valence electrons. The number of hydrogen-bond donors (Lipinski definition) is 1. The summed E-state index contributed by atoms with van der Waals surface area (Å²) in [4.78, 5) is 28.0. The molecular weight excluding hydrogens is 364 g/mol. The van der Waals surface area contributed by atoms with Gasteiger partial charge >= 0.3 is 0 Å². The van der Waals surface area contributed by atoms with Crippen molar-refractivity contribution in [2.75, 3.05) is 23.3 Å². The Balaban J connectivity index is 1.39. The molecule has 1 N–H and O–H groups in total. The number of aryl methyl sites for hydroxylation is 3. The lowest BCUT2D eigenvalue weighted by Crippen LogP contribution is -2.38. The van der Waals surface area contributed by atoms with Gasteiger partial charge in [0.1, 0.15) is 23.8 Å². The van der Waals surface area contributed by atoms with Gasteiger partial charge in [-0.05, 0) is 56.9 Å². The summed E-state index contributed by atoms with van der Waals surface area (Å²) in [7, 11) is 0. The van der Waals surface area contributed by atoms with E-state index in [0.717, 1.165) is 60.2 Å². The molecule has 7 heteroatoms. The number of nitrogens with zero attached hydrogens (tertiary/aromatic N) is 5. The van der Waals surface area contributed by atoms with Crippen LogP contribution in [0.4, 0.5) is 11.5 Å². The van der Waals surface area contributed by atoms with Crippen LogP contribution in [0.25, 0.3) is 5.82 Å². The number of rotatable bonds is 4. The zero-order valence-electron chi connectivity index (χ0n) is 17.1. The zero-order chi connectivity index (χ0) is 20.4. The molecule has 1 fully saturated rings. The Bertz CT molecular complexity index is 999. The van der Waals surface area contributed by atoms with Crippen molar-refractivity contribution < 1.29 is 4.79 Å². The van der Waals surface area contributed by atoms with Crippen molar-refractivity contribution in [2.24, 2.45) is 5.92 Å². The van der Waals surface area contributed by atoms with Crippen molar-refractivity contribution >= 4 is 17.4 Å². The van der Waals surface area contributed by atoms with E-state index in [4.69, 9.17) is 0 Å². The first-order chi connectivity index (χ1) is 14.0.